The first-order chi connectivity index (χ1) is 13.5. The summed E-state index contributed by atoms with van der Waals surface area (Å²) >= 11 is 0. The summed E-state index contributed by atoms with van der Waals surface area (Å²) in [4.78, 5) is 4.45. The van der Waals surface area contributed by atoms with Crippen molar-refractivity contribution in [1.82, 2.24) is 4.98 Å². The van der Waals surface area contributed by atoms with E-state index in [1.54, 1.807) is 56.6 Å². The summed E-state index contributed by atoms with van der Waals surface area (Å²) in [6.45, 7) is 2.49. The Balaban J connectivity index is 1.58. The average Bonchev–Trinajstić information content (AvgIpc) is 2.69. The minimum Gasteiger partial charge on any atom is -0.497 e. The maximum atomic E-state index is 12.5. The van der Waals surface area contributed by atoms with Crippen LogP contribution in [-0.4, -0.2) is 27.1 Å². The van der Waals surface area contributed by atoms with Gasteiger partial charge in [0.05, 0.1) is 23.9 Å². The first-order valence-electron chi connectivity index (χ1n) is 8.89. The number of hydrogen-bond donors (Lipinski definition) is 2. The van der Waals surface area contributed by atoms with Crippen LogP contribution >= 0.6 is 0 Å². The summed E-state index contributed by atoms with van der Waals surface area (Å²) in [5.41, 5.74) is 2.68. The number of hydrogen-bond acceptors (Lipinski definition) is 5. The molecule has 0 fully saturated rings. The van der Waals surface area contributed by atoms with Gasteiger partial charge in [-0.25, -0.2) is 13.4 Å². The van der Waals surface area contributed by atoms with Crippen LogP contribution in [0.5, 0.6) is 5.75 Å². The van der Waals surface area contributed by atoms with Gasteiger partial charge in [0.25, 0.3) is 10.0 Å². The number of rotatable bonds is 8. The molecule has 7 heteroatoms. The molecule has 0 atom stereocenters. The molecule has 0 spiro atoms. The van der Waals surface area contributed by atoms with E-state index < -0.39 is 10.0 Å². The van der Waals surface area contributed by atoms with Gasteiger partial charge in [0.1, 0.15) is 11.6 Å². The Morgan fingerprint density at radius 2 is 1.86 bits per heavy atom. The molecule has 1 aromatic heterocycles. The molecule has 28 heavy (non-hydrogen) atoms. The number of aryl methyl sites for hydroxylation is 1. The standard InChI is InChI=1S/C21H23N3O3S/c1-16-6-3-4-9-20(16)28(25,26)24-21-11-10-18(15-23-21)22-13-12-17-7-5-8-19(14-17)27-2/h3-11,14-15,22H,12-13H2,1-2H3,(H,23,24). The first-order valence-corrected chi connectivity index (χ1v) is 10.4. The normalized spacial score (nSPS) is 11.1. The second-order valence-corrected chi connectivity index (χ2v) is 7.98. The largest absolute Gasteiger partial charge is 0.497 e. The molecule has 1 heterocycles. The van der Waals surface area contributed by atoms with E-state index in [1.807, 2.05) is 24.3 Å². The van der Waals surface area contributed by atoms with E-state index in [4.69, 9.17) is 4.74 Å². The van der Waals surface area contributed by atoms with Gasteiger partial charge in [0.2, 0.25) is 0 Å². The van der Waals surface area contributed by atoms with Gasteiger partial charge < -0.3 is 10.1 Å². The van der Waals surface area contributed by atoms with E-state index in [9.17, 15) is 8.42 Å². The fourth-order valence-corrected chi connectivity index (χ4v) is 4.04. The van der Waals surface area contributed by atoms with Crippen molar-refractivity contribution >= 4 is 21.5 Å². The second-order valence-electron chi connectivity index (χ2n) is 6.33. The van der Waals surface area contributed by atoms with Crippen LogP contribution in [0.4, 0.5) is 11.5 Å². The minimum absolute atomic E-state index is 0.247. The molecule has 2 aromatic carbocycles. The highest BCUT2D eigenvalue weighted by atomic mass is 32.2. The molecule has 6 nitrogen and oxygen atoms in total. The molecule has 3 aromatic rings. The Hall–Kier alpha value is -3.06. The van der Waals surface area contributed by atoms with Gasteiger partial charge in [-0.2, -0.15) is 0 Å². The smallest absolute Gasteiger partial charge is 0.263 e. The topological polar surface area (TPSA) is 80.3 Å². The van der Waals surface area contributed by atoms with Crippen molar-refractivity contribution in [3.8, 4) is 5.75 Å². The molecule has 2 N–H and O–H groups in total. The van der Waals surface area contributed by atoms with Crippen LogP contribution in [0.3, 0.4) is 0 Å². The van der Waals surface area contributed by atoms with Gasteiger partial charge in [-0.3, -0.25) is 4.72 Å². The lowest BCUT2D eigenvalue weighted by Gasteiger charge is -2.11. The molecule has 3 rings (SSSR count). The van der Waals surface area contributed by atoms with E-state index in [0.717, 1.165) is 24.4 Å². The highest BCUT2D eigenvalue weighted by Crippen LogP contribution is 2.19. The summed E-state index contributed by atoms with van der Waals surface area (Å²) < 4.78 is 32.8. The Morgan fingerprint density at radius 1 is 1.04 bits per heavy atom. The van der Waals surface area contributed by atoms with E-state index >= 15 is 0 Å². The second kappa shape index (κ2) is 8.75. The number of aromatic nitrogens is 1. The van der Waals surface area contributed by atoms with E-state index in [2.05, 4.69) is 15.0 Å². The fourth-order valence-electron chi connectivity index (χ4n) is 2.79. The summed E-state index contributed by atoms with van der Waals surface area (Å²) in [6.07, 6.45) is 2.44. The average molecular weight is 398 g/mol. The van der Waals surface area contributed by atoms with Crippen LogP contribution in [0.15, 0.2) is 71.8 Å². The van der Waals surface area contributed by atoms with E-state index in [0.29, 0.717) is 5.56 Å². The number of benzene rings is 2. The molecule has 0 aliphatic heterocycles. The SMILES string of the molecule is COc1cccc(CCNc2ccc(NS(=O)(=O)c3ccccc3C)nc2)c1. The first kappa shape index (κ1) is 19.7. The molecular weight excluding hydrogens is 374 g/mol. The van der Waals surface area contributed by atoms with Crippen molar-refractivity contribution in [2.45, 2.75) is 18.2 Å². The van der Waals surface area contributed by atoms with Crippen LogP contribution in [0.1, 0.15) is 11.1 Å². The van der Waals surface area contributed by atoms with Crippen molar-refractivity contribution in [1.29, 1.82) is 0 Å². The lowest BCUT2D eigenvalue weighted by atomic mass is 10.1. The predicted octanol–water partition coefficient (Wildman–Crippen LogP) is 3.85. The van der Waals surface area contributed by atoms with Crippen LogP contribution in [0, 0.1) is 6.92 Å². The molecule has 0 bridgehead atoms. The number of pyridine rings is 1. The van der Waals surface area contributed by atoms with Gasteiger partial charge in [-0.15, -0.1) is 0 Å². The molecule has 0 aliphatic rings. The summed E-state index contributed by atoms with van der Waals surface area (Å²) in [7, 11) is -2.01. The third-order valence-corrected chi connectivity index (χ3v) is 5.78. The summed E-state index contributed by atoms with van der Waals surface area (Å²) in [5.74, 6) is 1.12. The summed E-state index contributed by atoms with van der Waals surface area (Å²) in [5, 5.41) is 3.28. The van der Waals surface area contributed by atoms with Gasteiger partial charge in [0, 0.05) is 6.54 Å². The number of nitrogens with one attached hydrogen (secondary N) is 2. The fraction of sp³-hybridized carbons (Fsp3) is 0.190. The Kier molecular flexibility index (Phi) is 6.16. The van der Waals surface area contributed by atoms with Gasteiger partial charge >= 0.3 is 0 Å². The monoisotopic (exact) mass is 397 g/mol. The Labute approximate surface area is 165 Å². The minimum atomic E-state index is -3.66. The highest BCUT2D eigenvalue weighted by Gasteiger charge is 2.16. The van der Waals surface area contributed by atoms with Gasteiger partial charge in [-0.05, 0) is 54.8 Å². The molecule has 0 radical (unpaired) electrons. The zero-order valence-electron chi connectivity index (χ0n) is 15.8. The quantitative estimate of drug-likeness (QED) is 0.603. The molecule has 0 aliphatic carbocycles. The molecule has 0 amide bonds. The molecule has 0 saturated carbocycles. The Morgan fingerprint density at radius 3 is 2.57 bits per heavy atom. The van der Waals surface area contributed by atoms with Crippen LogP contribution < -0.4 is 14.8 Å². The molecule has 146 valence electrons. The number of nitrogens with zero attached hydrogens (tertiary/aromatic N) is 1. The highest BCUT2D eigenvalue weighted by molar-refractivity contribution is 7.92. The summed E-state index contributed by atoms with van der Waals surface area (Å²) in [6, 6.07) is 18.2. The van der Waals surface area contributed by atoms with Gasteiger partial charge in [-0.1, -0.05) is 30.3 Å². The van der Waals surface area contributed by atoms with E-state index in [-0.39, 0.29) is 10.7 Å². The van der Waals surface area contributed by atoms with Crippen molar-refractivity contribution in [3.63, 3.8) is 0 Å². The lowest BCUT2D eigenvalue weighted by Crippen LogP contribution is -2.15. The van der Waals surface area contributed by atoms with Crippen molar-refractivity contribution in [2.75, 3.05) is 23.7 Å². The van der Waals surface area contributed by atoms with Crippen molar-refractivity contribution in [2.24, 2.45) is 0 Å². The maximum absolute atomic E-state index is 12.5. The van der Waals surface area contributed by atoms with Crippen molar-refractivity contribution < 1.29 is 13.2 Å². The van der Waals surface area contributed by atoms with Crippen LogP contribution in [0.2, 0.25) is 0 Å². The van der Waals surface area contributed by atoms with Gasteiger partial charge in [0.15, 0.2) is 0 Å². The lowest BCUT2D eigenvalue weighted by molar-refractivity contribution is 0.414. The molecular formula is C21H23N3O3S. The van der Waals surface area contributed by atoms with Crippen molar-refractivity contribution in [3.05, 3.63) is 78.0 Å². The zero-order chi connectivity index (χ0) is 20.0. The number of anilines is 2. The molecule has 0 saturated heterocycles. The number of methoxy groups -OCH3 is 1. The number of sulfonamides is 1. The third kappa shape index (κ3) is 5.01. The van der Waals surface area contributed by atoms with Crippen LogP contribution in [-0.2, 0) is 16.4 Å². The molecule has 0 unspecified atom stereocenters. The predicted molar refractivity (Wildman–Crippen MR) is 111 cm³/mol. The number of ether oxygens (including phenoxy) is 1. The maximum Gasteiger partial charge on any atom is 0.263 e. The Bertz CT molecular complexity index is 1030. The van der Waals surface area contributed by atoms with Crippen LogP contribution in [0.25, 0.3) is 0 Å². The zero-order valence-corrected chi connectivity index (χ0v) is 16.7. The third-order valence-electron chi connectivity index (χ3n) is 4.26. The van der Waals surface area contributed by atoms with E-state index in [1.165, 1.54) is 5.56 Å².